The van der Waals surface area contributed by atoms with Gasteiger partial charge < -0.3 is 8.23 Å². The SMILES string of the molecule is C=Cc1ccccc1.CC(c1ccccc1)[Si](C)(C)O[Si](C)(C)C.C[SiH](C)O[SiH](C)C. The lowest BCUT2D eigenvalue weighted by Gasteiger charge is -2.36. The van der Waals surface area contributed by atoms with Crippen molar-refractivity contribution in [3.05, 3.63) is 78.4 Å². The minimum atomic E-state index is -1.62. The van der Waals surface area contributed by atoms with Crippen molar-refractivity contribution in [2.45, 2.75) is 71.4 Å². The fraction of sp³-hybridized carbons (Fsp3) is 0.440. The molecule has 1 atom stereocenters. The summed E-state index contributed by atoms with van der Waals surface area (Å²) in [4.78, 5) is 0. The summed E-state index contributed by atoms with van der Waals surface area (Å²) in [6.07, 6.45) is 1.83. The van der Waals surface area contributed by atoms with E-state index >= 15 is 0 Å². The van der Waals surface area contributed by atoms with E-state index in [1.165, 1.54) is 11.1 Å². The highest BCUT2D eigenvalue weighted by Gasteiger charge is 2.35. The average Bonchev–Trinajstić information content (AvgIpc) is 2.67. The Morgan fingerprint density at radius 3 is 1.48 bits per heavy atom. The van der Waals surface area contributed by atoms with Gasteiger partial charge in [-0.05, 0) is 75.6 Å². The summed E-state index contributed by atoms with van der Waals surface area (Å²) in [7, 11) is -4.38. The molecule has 0 aliphatic rings. The van der Waals surface area contributed by atoms with Crippen LogP contribution in [-0.2, 0) is 8.23 Å². The quantitative estimate of drug-likeness (QED) is 0.370. The molecule has 0 N–H and O–H groups in total. The lowest BCUT2D eigenvalue weighted by molar-refractivity contribution is 0.533. The first-order valence-corrected chi connectivity index (χ1v) is 23.3. The van der Waals surface area contributed by atoms with Crippen molar-refractivity contribution in [1.29, 1.82) is 0 Å². The molecule has 31 heavy (non-hydrogen) atoms. The van der Waals surface area contributed by atoms with Crippen molar-refractivity contribution < 1.29 is 8.23 Å². The number of hydrogen-bond donors (Lipinski definition) is 0. The van der Waals surface area contributed by atoms with Gasteiger partial charge in [-0.1, -0.05) is 80.2 Å². The van der Waals surface area contributed by atoms with Crippen LogP contribution in [-0.4, -0.2) is 34.7 Å². The second-order valence-corrected chi connectivity index (χ2v) is 24.2. The van der Waals surface area contributed by atoms with Gasteiger partial charge in [0, 0.05) is 0 Å². The standard InChI is InChI=1S/C13H24OSi2.C8H8.C4H14OSi2/c1-12(13-10-8-7-9-11-13)16(5,6)14-15(2,3)4;1-2-8-6-4-3-5-7-8;1-6(2)5-7(3)4/h7-12H,1-6H3;2-7H,1H2;6-7H,1-4H3. The fourth-order valence-corrected chi connectivity index (χ4v) is 15.5. The molecule has 0 heterocycles. The van der Waals surface area contributed by atoms with Gasteiger partial charge in [-0.15, -0.1) is 0 Å². The first-order valence-electron chi connectivity index (χ1n) is 11.4. The van der Waals surface area contributed by atoms with Gasteiger partial charge in [-0.2, -0.15) is 0 Å². The molecule has 2 aromatic rings. The van der Waals surface area contributed by atoms with Crippen molar-refractivity contribution in [3.8, 4) is 0 Å². The molecule has 1 unspecified atom stereocenters. The Hall–Kier alpha value is -1.03. The Balaban J connectivity index is 0.000000499. The van der Waals surface area contributed by atoms with Crippen LogP contribution in [0.5, 0.6) is 0 Å². The van der Waals surface area contributed by atoms with Crippen molar-refractivity contribution in [1.82, 2.24) is 0 Å². The van der Waals surface area contributed by atoms with E-state index in [0.29, 0.717) is 5.54 Å². The summed E-state index contributed by atoms with van der Waals surface area (Å²) in [5.41, 5.74) is 3.14. The molecule has 2 aromatic carbocycles. The minimum absolute atomic E-state index is 0.556. The van der Waals surface area contributed by atoms with Gasteiger partial charge in [-0.3, -0.25) is 0 Å². The third-order valence-corrected chi connectivity index (χ3v) is 15.8. The molecule has 0 aliphatic carbocycles. The smallest absolute Gasteiger partial charge is 0.180 e. The van der Waals surface area contributed by atoms with E-state index in [1.807, 2.05) is 36.4 Å². The Kier molecular flexibility index (Phi) is 14.4. The van der Waals surface area contributed by atoms with E-state index in [9.17, 15) is 0 Å². The lowest BCUT2D eigenvalue weighted by Crippen LogP contribution is -2.46. The maximum absolute atomic E-state index is 6.42. The van der Waals surface area contributed by atoms with Gasteiger partial charge in [0.2, 0.25) is 0 Å². The highest BCUT2D eigenvalue weighted by molar-refractivity contribution is 6.84. The Labute approximate surface area is 198 Å². The molecule has 0 fully saturated rings. The van der Waals surface area contributed by atoms with Crippen molar-refractivity contribution in [2.75, 3.05) is 0 Å². The molecule has 0 aliphatic heterocycles. The molecule has 0 saturated heterocycles. The molecule has 0 spiro atoms. The zero-order valence-electron chi connectivity index (χ0n) is 21.6. The molecule has 2 nitrogen and oxygen atoms in total. The number of benzene rings is 2. The summed E-state index contributed by atoms with van der Waals surface area (Å²) in [5.74, 6) is 0. The fourth-order valence-electron chi connectivity index (χ4n) is 3.15. The van der Waals surface area contributed by atoms with Crippen molar-refractivity contribution in [2.24, 2.45) is 0 Å². The molecule has 0 radical (unpaired) electrons. The van der Waals surface area contributed by atoms with Crippen LogP contribution in [0.4, 0.5) is 0 Å². The monoisotopic (exact) mass is 490 g/mol. The van der Waals surface area contributed by atoms with Crippen molar-refractivity contribution >= 4 is 40.8 Å². The van der Waals surface area contributed by atoms with Crippen molar-refractivity contribution in [3.63, 3.8) is 0 Å². The zero-order chi connectivity index (χ0) is 24.1. The second-order valence-electron chi connectivity index (χ2n) is 9.80. The highest BCUT2D eigenvalue weighted by Crippen LogP contribution is 2.29. The van der Waals surface area contributed by atoms with E-state index in [-0.39, 0.29) is 0 Å². The largest absolute Gasteiger partial charge is 0.461 e. The van der Waals surface area contributed by atoms with Crippen LogP contribution in [0, 0.1) is 0 Å². The topological polar surface area (TPSA) is 18.5 Å². The Morgan fingerprint density at radius 2 is 1.19 bits per heavy atom. The third-order valence-electron chi connectivity index (χ3n) is 4.49. The third kappa shape index (κ3) is 15.4. The summed E-state index contributed by atoms with van der Waals surface area (Å²) >= 11 is 0. The van der Waals surface area contributed by atoms with Crippen LogP contribution < -0.4 is 0 Å². The summed E-state index contributed by atoms with van der Waals surface area (Å²) in [5, 5.41) is 0. The normalized spacial score (nSPS) is 12.4. The van der Waals surface area contributed by atoms with E-state index in [0.717, 1.165) is 0 Å². The van der Waals surface area contributed by atoms with Crippen LogP contribution in [0.3, 0.4) is 0 Å². The molecular weight excluding hydrogens is 445 g/mol. The average molecular weight is 491 g/mol. The highest BCUT2D eigenvalue weighted by atomic mass is 28.4. The molecule has 0 saturated carbocycles. The predicted molar refractivity (Wildman–Crippen MR) is 152 cm³/mol. The van der Waals surface area contributed by atoms with Gasteiger partial charge in [0.1, 0.15) is 0 Å². The summed E-state index contributed by atoms with van der Waals surface area (Å²) < 4.78 is 11.9. The summed E-state index contributed by atoms with van der Waals surface area (Å²) in [6, 6.07) is 20.8. The second kappa shape index (κ2) is 14.9. The molecular formula is C25H46O2Si4. The number of rotatable bonds is 7. The van der Waals surface area contributed by atoms with Gasteiger partial charge in [0.25, 0.3) is 0 Å². The van der Waals surface area contributed by atoms with Gasteiger partial charge in [0.15, 0.2) is 34.7 Å². The number of hydrogen-bond acceptors (Lipinski definition) is 2. The Morgan fingerprint density at radius 1 is 0.774 bits per heavy atom. The van der Waals surface area contributed by atoms with Crippen LogP contribution in [0.15, 0.2) is 67.2 Å². The van der Waals surface area contributed by atoms with Gasteiger partial charge >= 0.3 is 0 Å². The van der Waals surface area contributed by atoms with Crippen LogP contribution in [0.25, 0.3) is 6.08 Å². The van der Waals surface area contributed by atoms with E-state index in [1.54, 1.807) is 0 Å². The maximum atomic E-state index is 6.42. The van der Waals surface area contributed by atoms with Gasteiger partial charge in [-0.25, -0.2) is 0 Å². The van der Waals surface area contributed by atoms with Gasteiger partial charge in [0.05, 0.1) is 0 Å². The minimum Gasteiger partial charge on any atom is -0.461 e. The zero-order valence-corrected chi connectivity index (χ0v) is 25.9. The molecule has 0 amide bonds. The molecule has 0 bridgehead atoms. The molecule has 6 heteroatoms. The van der Waals surface area contributed by atoms with E-state index in [4.69, 9.17) is 8.23 Å². The van der Waals surface area contributed by atoms with E-state index in [2.05, 4.69) is 103 Å². The predicted octanol–water partition coefficient (Wildman–Crippen LogP) is 7.69. The van der Waals surface area contributed by atoms with E-state index < -0.39 is 34.7 Å². The lowest BCUT2D eigenvalue weighted by atomic mass is 10.2. The van der Waals surface area contributed by atoms with Crippen LogP contribution in [0.2, 0.25) is 58.9 Å². The van der Waals surface area contributed by atoms with Crippen LogP contribution >= 0.6 is 0 Å². The first kappa shape index (κ1) is 30.0. The van der Waals surface area contributed by atoms with Crippen LogP contribution in [0.1, 0.15) is 23.6 Å². The first-order chi connectivity index (χ1) is 14.3. The molecule has 2 rings (SSSR count). The molecule has 0 aromatic heterocycles. The molecule has 174 valence electrons. The maximum Gasteiger partial charge on any atom is 0.180 e. The summed E-state index contributed by atoms with van der Waals surface area (Å²) in [6.45, 7) is 26.3. The Bertz CT molecular complexity index is 705.